The van der Waals surface area contributed by atoms with Crippen molar-refractivity contribution in [2.75, 3.05) is 0 Å². The minimum atomic E-state index is -0.446. The number of rotatable bonds is 4. The Balaban J connectivity index is 1.84. The van der Waals surface area contributed by atoms with Gasteiger partial charge in [-0.3, -0.25) is 0 Å². The average Bonchev–Trinajstić information content (AvgIpc) is 2.63. The van der Waals surface area contributed by atoms with Gasteiger partial charge in [0.1, 0.15) is 12.2 Å². The second kappa shape index (κ2) is 7.16. The van der Waals surface area contributed by atoms with Crippen LogP contribution in [0.4, 0.5) is 0 Å². The van der Waals surface area contributed by atoms with Crippen LogP contribution < -0.4 is 5.63 Å². The van der Waals surface area contributed by atoms with E-state index in [9.17, 15) is 9.59 Å². The van der Waals surface area contributed by atoms with Crippen molar-refractivity contribution in [3.63, 3.8) is 0 Å². The number of carbonyl (C=O) groups excluding carboxylic acids is 1. The molecule has 2 aromatic carbocycles. The highest BCUT2D eigenvalue weighted by atomic mass is 16.5. The first-order valence-electron chi connectivity index (χ1n) is 8.67. The van der Waals surface area contributed by atoms with E-state index in [0.29, 0.717) is 22.6 Å². The first kappa shape index (κ1) is 17.9. The molecule has 0 radical (unpaired) electrons. The number of aryl methyl sites for hydroxylation is 2. The van der Waals surface area contributed by atoms with Gasteiger partial charge in [-0.25, -0.2) is 9.59 Å². The second-order valence-electron chi connectivity index (χ2n) is 6.83. The molecule has 0 aliphatic rings. The molecule has 0 aliphatic carbocycles. The Morgan fingerprint density at radius 2 is 1.77 bits per heavy atom. The Morgan fingerprint density at radius 3 is 2.42 bits per heavy atom. The van der Waals surface area contributed by atoms with Gasteiger partial charge >= 0.3 is 11.6 Å². The third kappa shape index (κ3) is 3.54. The van der Waals surface area contributed by atoms with Crippen LogP contribution in [0.3, 0.4) is 0 Å². The molecule has 0 unspecified atom stereocenters. The van der Waals surface area contributed by atoms with E-state index in [1.165, 1.54) is 11.6 Å². The minimum absolute atomic E-state index is 0.0232. The lowest BCUT2D eigenvalue weighted by molar-refractivity contribution is 0.0474. The molecule has 0 N–H and O–H groups in total. The molecule has 0 spiro atoms. The van der Waals surface area contributed by atoms with Gasteiger partial charge in [-0.05, 0) is 48.6 Å². The number of carbonyl (C=O) groups is 1. The van der Waals surface area contributed by atoms with Gasteiger partial charge in [0.05, 0.1) is 5.56 Å². The highest BCUT2D eigenvalue weighted by Gasteiger charge is 2.13. The molecule has 0 fully saturated rings. The molecule has 0 amide bonds. The fourth-order valence-electron chi connectivity index (χ4n) is 2.87. The lowest BCUT2D eigenvalue weighted by Gasteiger charge is -2.10. The molecule has 0 bridgehead atoms. The number of esters is 1. The van der Waals surface area contributed by atoms with Gasteiger partial charge in [0.2, 0.25) is 0 Å². The van der Waals surface area contributed by atoms with Crippen LogP contribution in [0.15, 0.2) is 51.7 Å². The van der Waals surface area contributed by atoms with E-state index in [4.69, 9.17) is 9.15 Å². The summed E-state index contributed by atoms with van der Waals surface area (Å²) in [6, 6.07) is 12.6. The average molecular weight is 350 g/mol. The van der Waals surface area contributed by atoms with Gasteiger partial charge < -0.3 is 9.15 Å². The largest absolute Gasteiger partial charge is 0.457 e. The molecule has 1 aromatic heterocycles. The van der Waals surface area contributed by atoms with Gasteiger partial charge in [0, 0.05) is 17.0 Å². The smallest absolute Gasteiger partial charge is 0.338 e. The van der Waals surface area contributed by atoms with Crippen LogP contribution in [-0.2, 0) is 11.3 Å². The van der Waals surface area contributed by atoms with Crippen LogP contribution in [0, 0.1) is 13.8 Å². The molecular weight excluding hydrogens is 328 g/mol. The molecule has 1 heterocycles. The first-order chi connectivity index (χ1) is 12.4. The predicted molar refractivity (Wildman–Crippen MR) is 102 cm³/mol. The van der Waals surface area contributed by atoms with Crippen molar-refractivity contribution < 1.29 is 13.9 Å². The summed E-state index contributed by atoms with van der Waals surface area (Å²) < 4.78 is 10.8. The molecular formula is C22H22O4. The van der Waals surface area contributed by atoms with E-state index in [0.717, 1.165) is 16.5 Å². The number of benzene rings is 2. The fraction of sp³-hybridized carbons (Fsp3) is 0.273. The summed E-state index contributed by atoms with van der Waals surface area (Å²) in [4.78, 5) is 24.2. The summed E-state index contributed by atoms with van der Waals surface area (Å²) in [6.07, 6.45) is 0. The molecule has 4 nitrogen and oxygen atoms in total. The maximum absolute atomic E-state index is 12.3. The summed E-state index contributed by atoms with van der Waals surface area (Å²) in [7, 11) is 0. The number of hydrogen-bond acceptors (Lipinski definition) is 4. The lowest BCUT2D eigenvalue weighted by Crippen LogP contribution is -2.08. The van der Waals surface area contributed by atoms with E-state index >= 15 is 0 Å². The van der Waals surface area contributed by atoms with E-state index in [1.54, 1.807) is 12.1 Å². The molecule has 3 rings (SSSR count). The number of hydrogen-bond donors (Lipinski definition) is 0. The molecule has 26 heavy (non-hydrogen) atoms. The molecule has 0 atom stereocenters. The highest BCUT2D eigenvalue weighted by molar-refractivity contribution is 5.90. The van der Waals surface area contributed by atoms with Gasteiger partial charge in [-0.15, -0.1) is 0 Å². The Labute approximate surface area is 152 Å². The number of fused-ring (bicyclic) bond motifs is 1. The van der Waals surface area contributed by atoms with Crippen molar-refractivity contribution in [2.24, 2.45) is 0 Å². The van der Waals surface area contributed by atoms with Crippen LogP contribution in [0.5, 0.6) is 0 Å². The maximum atomic E-state index is 12.3. The van der Waals surface area contributed by atoms with Gasteiger partial charge in [-0.2, -0.15) is 0 Å². The SMILES string of the molecule is Cc1ccc2c(COC(=O)c3ccc(C(C)C)cc3)cc(=O)oc2c1C. The highest BCUT2D eigenvalue weighted by Crippen LogP contribution is 2.24. The third-order valence-electron chi connectivity index (χ3n) is 4.69. The van der Waals surface area contributed by atoms with Crippen LogP contribution in [0.1, 0.15) is 52.4 Å². The Kier molecular flexibility index (Phi) is 4.94. The zero-order chi connectivity index (χ0) is 18.8. The minimum Gasteiger partial charge on any atom is -0.457 e. The summed E-state index contributed by atoms with van der Waals surface area (Å²) >= 11 is 0. The van der Waals surface area contributed by atoms with Crippen LogP contribution in [0.2, 0.25) is 0 Å². The lowest BCUT2D eigenvalue weighted by atomic mass is 10.0. The number of ether oxygens (including phenoxy) is 1. The topological polar surface area (TPSA) is 56.5 Å². The predicted octanol–water partition coefficient (Wildman–Crippen LogP) is 4.89. The monoisotopic (exact) mass is 350 g/mol. The first-order valence-corrected chi connectivity index (χ1v) is 8.67. The fourth-order valence-corrected chi connectivity index (χ4v) is 2.87. The van der Waals surface area contributed by atoms with Crippen molar-refractivity contribution in [1.29, 1.82) is 0 Å². The van der Waals surface area contributed by atoms with Crippen molar-refractivity contribution >= 4 is 16.9 Å². The van der Waals surface area contributed by atoms with Gasteiger partial charge in [0.15, 0.2) is 0 Å². The molecule has 3 aromatic rings. The third-order valence-corrected chi connectivity index (χ3v) is 4.69. The zero-order valence-corrected chi connectivity index (χ0v) is 15.5. The summed E-state index contributed by atoms with van der Waals surface area (Å²) in [5.74, 6) is -0.00722. The van der Waals surface area contributed by atoms with Crippen LogP contribution in [-0.4, -0.2) is 5.97 Å². The van der Waals surface area contributed by atoms with Gasteiger partial charge in [-0.1, -0.05) is 38.1 Å². The van der Waals surface area contributed by atoms with Gasteiger partial charge in [0.25, 0.3) is 0 Å². The van der Waals surface area contributed by atoms with E-state index < -0.39 is 11.6 Å². The van der Waals surface area contributed by atoms with Crippen molar-refractivity contribution in [3.8, 4) is 0 Å². The standard InChI is InChI=1S/C22H22O4/c1-13(2)16-6-8-17(9-7-16)22(24)25-12-18-11-20(23)26-21-15(4)14(3)5-10-19(18)21/h5-11,13H,12H2,1-4H3. The Hall–Kier alpha value is -2.88. The molecule has 0 saturated carbocycles. The van der Waals surface area contributed by atoms with E-state index in [2.05, 4.69) is 13.8 Å². The molecule has 0 aliphatic heterocycles. The van der Waals surface area contributed by atoms with Crippen molar-refractivity contribution in [2.45, 2.75) is 40.2 Å². The molecule has 4 heteroatoms. The second-order valence-corrected chi connectivity index (χ2v) is 6.83. The zero-order valence-electron chi connectivity index (χ0n) is 15.5. The molecule has 0 saturated heterocycles. The summed E-state index contributed by atoms with van der Waals surface area (Å²) in [6.45, 7) is 8.09. The van der Waals surface area contributed by atoms with Crippen LogP contribution in [0.25, 0.3) is 11.0 Å². The van der Waals surface area contributed by atoms with Crippen molar-refractivity contribution in [3.05, 3.63) is 80.7 Å². The Bertz CT molecular complexity index is 1010. The maximum Gasteiger partial charge on any atom is 0.338 e. The quantitative estimate of drug-likeness (QED) is 0.496. The van der Waals surface area contributed by atoms with E-state index in [1.807, 2.05) is 38.1 Å². The normalized spacial score (nSPS) is 11.1. The summed E-state index contributed by atoms with van der Waals surface area (Å²) in [5, 5.41) is 0.788. The van der Waals surface area contributed by atoms with Crippen molar-refractivity contribution in [1.82, 2.24) is 0 Å². The Morgan fingerprint density at radius 1 is 1.08 bits per heavy atom. The molecule has 134 valence electrons. The van der Waals surface area contributed by atoms with E-state index in [-0.39, 0.29) is 6.61 Å². The summed E-state index contributed by atoms with van der Waals surface area (Å²) in [5.41, 5.74) is 4.36. The van der Waals surface area contributed by atoms with Crippen LogP contribution >= 0.6 is 0 Å².